The molecule has 0 spiro atoms. The maximum Gasteiger partial charge on any atom is 0.282 e. The minimum atomic E-state index is -3.17. The number of hydrogen-bond donors (Lipinski definition) is 3. The van der Waals surface area contributed by atoms with Gasteiger partial charge in [0.1, 0.15) is 12.4 Å². The molecule has 0 bridgehead atoms. The molecule has 1 aromatic rings. The van der Waals surface area contributed by atoms with Crippen LogP contribution in [0.4, 0.5) is 8.78 Å². The third-order valence-electron chi connectivity index (χ3n) is 2.43. The van der Waals surface area contributed by atoms with E-state index < -0.39 is 25.2 Å². The molecular weight excluding hydrogens is 244 g/mol. The van der Waals surface area contributed by atoms with E-state index in [0.29, 0.717) is 11.3 Å². The van der Waals surface area contributed by atoms with Gasteiger partial charge in [-0.3, -0.25) is 0 Å². The number of rotatable bonds is 7. The molecule has 0 fully saturated rings. The zero-order chi connectivity index (χ0) is 13.6. The Balaban J connectivity index is 2.47. The molecule has 0 saturated carbocycles. The zero-order valence-electron chi connectivity index (χ0n) is 10.1. The van der Waals surface area contributed by atoms with Crippen molar-refractivity contribution in [2.45, 2.75) is 12.0 Å². The van der Waals surface area contributed by atoms with E-state index in [1.165, 1.54) is 7.11 Å². The molecule has 18 heavy (non-hydrogen) atoms. The van der Waals surface area contributed by atoms with Crippen molar-refractivity contribution in [2.24, 2.45) is 0 Å². The minimum Gasteiger partial charge on any atom is -0.497 e. The summed E-state index contributed by atoms with van der Waals surface area (Å²) in [7, 11) is 1.51. The van der Waals surface area contributed by atoms with Gasteiger partial charge in [0.2, 0.25) is 0 Å². The van der Waals surface area contributed by atoms with E-state index in [4.69, 9.17) is 9.84 Å². The Morgan fingerprint density at radius 2 is 2.17 bits per heavy atom. The molecule has 0 aliphatic rings. The molecule has 0 saturated heterocycles. The van der Waals surface area contributed by atoms with Crippen LogP contribution < -0.4 is 10.1 Å². The lowest BCUT2D eigenvalue weighted by Crippen LogP contribution is -2.37. The van der Waals surface area contributed by atoms with Crippen LogP contribution in [0, 0.1) is 0 Å². The summed E-state index contributed by atoms with van der Waals surface area (Å²) >= 11 is 0. The highest BCUT2D eigenvalue weighted by molar-refractivity contribution is 5.29. The quantitative estimate of drug-likeness (QED) is 0.684. The van der Waals surface area contributed by atoms with Gasteiger partial charge in [-0.25, -0.2) is 8.78 Å². The van der Waals surface area contributed by atoms with Crippen LogP contribution >= 0.6 is 0 Å². The average Bonchev–Trinajstić information content (AvgIpc) is 2.38. The van der Waals surface area contributed by atoms with E-state index >= 15 is 0 Å². The highest BCUT2D eigenvalue weighted by Gasteiger charge is 2.27. The normalized spacial score (nSPS) is 13.4. The molecule has 4 nitrogen and oxygen atoms in total. The Bertz CT molecular complexity index is 374. The van der Waals surface area contributed by atoms with Gasteiger partial charge in [0.25, 0.3) is 5.92 Å². The fourth-order valence-corrected chi connectivity index (χ4v) is 1.41. The lowest BCUT2D eigenvalue weighted by molar-refractivity contribution is -0.0488. The molecule has 1 atom stereocenters. The number of nitrogens with one attached hydrogen (secondary N) is 1. The molecule has 0 heterocycles. The second-order valence-electron chi connectivity index (χ2n) is 3.94. The average molecular weight is 261 g/mol. The van der Waals surface area contributed by atoms with Crippen molar-refractivity contribution in [1.29, 1.82) is 0 Å². The fraction of sp³-hybridized carbons (Fsp3) is 0.500. The maximum atomic E-state index is 12.7. The van der Waals surface area contributed by atoms with E-state index in [1.807, 2.05) is 0 Å². The highest BCUT2D eigenvalue weighted by Crippen LogP contribution is 2.18. The van der Waals surface area contributed by atoms with Gasteiger partial charge >= 0.3 is 0 Å². The van der Waals surface area contributed by atoms with Crippen LogP contribution in [0.15, 0.2) is 24.3 Å². The van der Waals surface area contributed by atoms with Gasteiger partial charge in [-0.05, 0) is 17.7 Å². The van der Waals surface area contributed by atoms with Gasteiger partial charge < -0.3 is 20.3 Å². The topological polar surface area (TPSA) is 61.7 Å². The van der Waals surface area contributed by atoms with E-state index in [1.54, 1.807) is 24.3 Å². The number of benzene rings is 1. The number of halogens is 2. The molecule has 0 aromatic heterocycles. The van der Waals surface area contributed by atoms with Gasteiger partial charge in [-0.2, -0.15) is 0 Å². The number of hydrogen-bond acceptors (Lipinski definition) is 4. The smallest absolute Gasteiger partial charge is 0.282 e. The summed E-state index contributed by atoms with van der Waals surface area (Å²) in [6.07, 6.45) is -0.908. The van der Waals surface area contributed by atoms with Crippen molar-refractivity contribution in [3.05, 3.63) is 29.8 Å². The number of aliphatic hydroxyl groups excluding tert-OH is 2. The summed E-state index contributed by atoms with van der Waals surface area (Å²) in [6.45, 7) is -1.91. The zero-order valence-corrected chi connectivity index (χ0v) is 10.1. The third kappa shape index (κ3) is 4.56. The molecule has 0 aliphatic carbocycles. The first kappa shape index (κ1) is 14.8. The fourth-order valence-electron chi connectivity index (χ4n) is 1.41. The van der Waals surface area contributed by atoms with E-state index in [-0.39, 0.29) is 6.54 Å². The molecule has 102 valence electrons. The molecule has 1 unspecified atom stereocenters. The van der Waals surface area contributed by atoms with Crippen molar-refractivity contribution < 1.29 is 23.7 Å². The van der Waals surface area contributed by atoms with Crippen molar-refractivity contribution in [3.8, 4) is 5.75 Å². The Morgan fingerprint density at radius 3 is 2.78 bits per heavy atom. The van der Waals surface area contributed by atoms with Crippen molar-refractivity contribution in [2.75, 3.05) is 26.8 Å². The molecule has 0 amide bonds. The maximum absolute atomic E-state index is 12.7. The Morgan fingerprint density at radius 1 is 1.44 bits per heavy atom. The molecule has 1 rings (SSSR count). The van der Waals surface area contributed by atoms with Gasteiger partial charge in [-0.1, -0.05) is 12.1 Å². The second-order valence-corrected chi connectivity index (χ2v) is 3.94. The van der Waals surface area contributed by atoms with E-state index in [0.717, 1.165) is 0 Å². The van der Waals surface area contributed by atoms with Crippen LogP contribution in [0.3, 0.4) is 0 Å². The lowest BCUT2D eigenvalue weighted by atomic mass is 10.1. The summed E-state index contributed by atoms with van der Waals surface area (Å²) in [4.78, 5) is 0. The SMILES string of the molecule is COc1cccc(C(O)CNCC(F)(F)CO)c1. The first-order chi connectivity index (χ1) is 8.48. The summed E-state index contributed by atoms with van der Waals surface area (Å²) in [6, 6.07) is 6.75. The minimum absolute atomic E-state index is 0.0250. The number of methoxy groups -OCH3 is 1. The molecule has 3 N–H and O–H groups in total. The highest BCUT2D eigenvalue weighted by atomic mass is 19.3. The van der Waals surface area contributed by atoms with Gasteiger partial charge in [0.05, 0.1) is 19.8 Å². The van der Waals surface area contributed by atoms with Crippen molar-refractivity contribution in [3.63, 3.8) is 0 Å². The summed E-state index contributed by atoms with van der Waals surface area (Å²) in [5, 5.41) is 20.6. The first-order valence-corrected chi connectivity index (χ1v) is 5.50. The van der Waals surface area contributed by atoms with Crippen LogP contribution in [0.1, 0.15) is 11.7 Å². The third-order valence-corrected chi connectivity index (χ3v) is 2.43. The van der Waals surface area contributed by atoms with Gasteiger partial charge in [0, 0.05) is 6.54 Å². The molecule has 6 heteroatoms. The predicted octanol–water partition coefficient (Wildman–Crippen LogP) is 0.946. The summed E-state index contributed by atoms with van der Waals surface area (Å²) in [5.74, 6) is -2.58. The van der Waals surface area contributed by atoms with E-state index in [2.05, 4.69) is 5.32 Å². The van der Waals surface area contributed by atoms with Crippen LogP contribution in [0.5, 0.6) is 5.75 Å². The second kappa shape index (κ2) is 6.63. The summed E-state index contributed by atoms with van der Waals surface area (Å²) in [5.41, 5.74) is 0.578. The monoisotopic (exact) mass is 261 g/mol. The van der Waals surface area contributed by atoms with Crippen molar-refractivity contribution in [1.82, 2.24) is 5.32 Å². The molecular formula is C12H17F2NO3. The first-order valence-electron chi connectivity index (χ1n) is 5.50. The lowest BCUT2D eigenvalue weighted by Gasteiger charge is -2.17. The van der Waals surface area contributed by atoms with Crippen molar-refractivity contribution >= 4 is 0 Å². The van der Waals surface area contributed by atoms with Crippen LogP contribution in [-0.2, 0) is 0 Å². The largest absolute Gasteiger partial charge is 0.497 e. The summed E-state index contributed by atoms with van der Waals surface area (Å²) < 4.78 is 30.4. The molecule has 1 aromatic carbocycles. The van der Waals surface area contributed by atoms with Crippen LogP contribution in [0.25, 0.3) is 0 Å². The Hall–Kier alpha value is -1.24. The van der Waals surface area contributed by atoms with E-state index in [9.17, 15) is 13.9 Å². The standard InChI is InChI=1S/C12H17F2NO3/c1-18-10-4-2-3-9(5-10)11(17)6-15-7-12(13,14)8-16/h2-5,11,15-17H,6-8H2,1H3. The van der Waals surface area contributed by atoms with Crippen LogP contribution in [-0.4, -0.2) is 42.9 Å². The number of alkyl halides is 2. The van der Waals surface area contributed by atoms with Gasteiger partial charge in [-0.15, -0.1) is 0 Å². The van der Waals surface area contributed by atoms with Crippen LogP contribution in [0.2, 0.25) is 0 Å². The Kier molecular flexibility index (Phi) is 5.46. The number of aliphatic hydroxyl groups is 2. The Labute approximate surface area is 104 Å². The van der Waals surface area contributed by atoms with Gasteiger partial charge in [0.15, 0.2) is 0 Å². The molecule has 0 radical (unpaired) electrons. The predicted molar refractivity (Wildman–Crippen MR) is 62.9 cm³/mol. The number of ether oxygens (including phenoxy) is 1. The molecule has 0 aliphatic heterocycles.